The van der Waals surface area contributed by atoms with E-state index >= 15 is 0 Å². The van der Waals surface area contributed by atoms with Gasteiger partial charge < -0.3 is 5.32 Å². The average molecular weight is 461 g/mol. The summed E-state index contributed by atoms with van der Waals surface area (Å²) in [5, 5.41) is 3.15. The molecule has 4 rings (SSSR count). The van der Waals surface area contributed by atoms with Crippen LogP contribution >= 0.6 is 11.6 Å². The van der Waals surface area contributed by atoms with Gasteiger partial charge in [-0.05, 0) is 73.9 Å². The monoisotopic (exact) mass is 460 g/mol. The van der Waals surface area contributed by atoms with Crippen LogP contribution in [0.3, 0.4) is 0 Å². The number of sulfonamides is 1. The third-order valence-corrected chi connectivity index (χ3v) is 8.73. The number of carbonyl (C=O) groups excluding carboxylic acids is 1. The number of benzene rings is 2. The van der Waals surface area contributed by atoms with Gasteiger partial charge in [-0.3, -0.25) is 4.79 Å². The van der Waals surface area contributed by atoms with Crippen molar-refractivity contribution in [2.24, 2.45) is 0 Å². The Morgan fingerprint density at radius 1 is 0.968 bits per heavy atom. The minimum absolute atomic E-state index is 0.00824. The first-order valence-corrected chi connectivity index (χ1v) is 12.9. The Hall–Kier alpha value is -1.89. The van der Waals surface area contributed by atoms with E-state index in [0.29, 0.717) is 18.7 Å². The van der Waals surface area contributed by atoms with Gasteiger partial charge in [0.05, 0.1) is 11.1 Å². The van der Waals surface area contributed by atoms with Crippen molar-refractivity contribution in [2.75, 3.05) is 13.1 Å². The van der Waals surface area contributed by atoms with E-state index in [9.17, 15) is 13.2 Å². The van der Waals surface area contributed by atoms with Crippen molar-refractivity contribution in [3.63, 3.8) is 0 Å². The number of aryl methyl sites for hydroxylation is 2. The van der Waals surface area contributed by atoms with Crippen molar-refractivity contribution >= 4 is 27.5 Å². The lowest BCUT2D eigenvalue weighted by Gasteiger charge is -2.21. The van der Waals surface area contributed by atoms with E-state index in [0.717, 1.165) is 44.1 Å². The van der Waals surface area contributed by atoms with Crippen LogP contribution in [-0.2, 0) is 22.9 Å². The first-order valence-electron chi connectivity index (χ1n) is 11.1. The van der Waals surface area contributed by atoms with Crippen LogP contribution in [0.4, 0.5) is 0 Å². The predicted octanol–water partition coefficient (Wildman–Crippen LogP) is 4.88. The molecule has 7 heteroatoms. The van der Waals surface area contributed by atoms with Gasteiger partial charge in [-0.15, -0.1) is 0 Å². The van der Waals surface area contributed by atoms with Crippen molar-refractivity contribution in [3.8, 4) is 0 Å². The van der Waals surface area contributed by atoms with E-state index in [-0.39, 0.29) is 21.9 Å². The van der Waals surface area contributed by atoms with Crippen LogP contribution in [0.5, 0.6) is 0 Å². The number of hydrogen-bond acceptors (Lipinski definition) is 3. The number of amides is 1. The lowest BCUT2D eigenvalue weighted by Crippen LogP contribution is -2.32. The third kappa shape index (κ3) is 4.81. The second-order valence-corrected chi connectivity index (χ2v) is 10.9. The van der Waals surface area contributed by atoms with E-state index in [2.05, 4.69) is 23.5 Å². The van der Waals surface area contributed by atoms with Gasteiger partial charge in [0.15, 0.2) is 0 Å². The summed E-state index contributed by atoms with van der Waals surface area (Å²) in [7, 11) is -3.74. The summed E-state index contributed by atoms with van der Waals surface area (Å²) >= 11 is 6.26. The highest BCUT2D eigenvalue weighted by atomic mass is 35.5. The normalized spacial score (nSPS) is 18.3. The summed E-state index contributed by atoms with van der Waals surface area (Å²) in [4.78, 5) is 12.9. The Morgan fingerprint density at radius 3 is 2.42 bits per heavy atom. The van der Waals surface area contributed by atoms with Crippen LogP contribution in [0, 0.1) is 0 Å². The molecule has 166 valence electrons. The number of hydrogen-bond donors (Lipinski definition) is 1. The van der Waals surface area contributed by atoms with E-state index < -0.39 is 10.0 Å². The standard InChI is InChI=1S/C24H29ClN2O3S/c1-17(19-10-9-18-7-6-8-20(18)15-19)26-24(28)21-11-12-22(25)23(16-21)31(29,30)27-13-4-2-3-5-14-27/h9-12,15-17H,2-8,13-14H2,1H3,(H,26,28)/t17-/m0/s1. The van der Waals surface area contributed by atoms with Gasteiger partial charge in [0.2, 0.25) is 10.0 Å². The van der Waals surface area contributed by atoms with Crippen molar-refractivity contribution in [2.45, 2.75) is 62.8 Å². The number of carbonyl (C=O) groups is 1. The molecule has 1 saturated heterocycles. The fourth-order valence-corrected chi connectivity index (χ4v) is 6.51. The lowest BCUT2D eigenvalue weighted by atomic mass is 10.0. The molecule has 0 saturated carbocycles. The van der Waals surface area contributed by atoms with Crippen LogP contribution in [-0.4, -0.2) is 31.7 Å². The third-order valence-electron chi connectivity index (χ3n) is 6.35. The zero-order valence-electron chi connectivity index (χ0n) is 17.9. The van der Waals surface area contributed by atoms with Gasteiger partial charge in [-0.1, -0.05) is 42.6 Å². The molecular weight excluding hydrogens is 432 g/mol. The maximum Gasteiger partial charge on any atom is 0.251 e. The molecule has 31 heavy (non-hydrogen) atoms. The molecule has 1 atom stereocenters. The molecule has 0 spiro atoms. The molecule has 0 aromatic heterocycles. The number of rotatable bonds is 5. The average Bonchev–Trinajstić information content (AvgIpc) is 3.04. The molecule has 2 aliphatic rings. The van der Waals surface area contributed by atoms with Gasteiger partial charge in [-0.2, -0.15) is 4.31 Å². The number of halogens is 1. The molecule has 1 aliphatic heterocycles. The Balaban J connectivity index is 1.54. The van der Waals surface area contributed by atoms with E-state index in [4.69, 9.17) is 11.6 Å². The van der Waals surface area contributed by atoms with Gasteiger partial charge in [0, 0.05) is 18.7 Å². The SMILES string of the molecule is C[C@H](NC(=O)c1ccc(Cl)c(S(=O)(=O)N2CCCCCC2)c1)c1ccc2c(c1)CCC2. The zero-order chi connectivity index (χ0) is 22.0. The molecule has 0 unspecified atom stereocenters. The Labute approximate surface area is 189 Å². The summed E-state index contributed by atoms with van der Waals surface area (Å²) < 4.78 is 27.9. The van der Waals surface area contributed by atoms with E-state index in [1.165, 1.54) is 34.0 Å². The Bertz CT molecular complexity index is 1080. The molecule has 0 radical (unpaired) electrons. The van der Waals surface area contributed by atoms with Crippen LogP contribution in [0.15, 0.2) is 41.3 Å². The summed E-state index contributed by atoms with van der Waals surface area (Å²) in [6, 6.07) is 10.7. The molecule has 1 heterocycles. The fraction of sp³-hybridized carbons (Fsp3) is 0.458. The van der Waals surface area contributed by atoms with Gasteiger partial charge >= 0.3 is 0 Å². The van der Waals surface area contributed by atoms with Gasteiger partial charge in [-0.25, -0.2) is 8.42 Å². The Kier molecular flexibility index (Phi) is 6.70. The molecule has 2 aromatic rings. The minimum Gasteiger partial charge on any atom is -0.346 e. The van der Waals surface area contributed by atoms with Crippen LogP contribution < -0.4 is 5.32 Å². The quantitative estimate of drug-likeness (QED) is 0.691. The summed E-state index contributed by atoms with van der Waals surface area (Å²) in [5.74, 6) is -0.308. The fourth-order valence-electron chi connectivity index (χ4n) is 4.49. The van der Waals surface area contributed by atoms with Gasteiger partial charge in [0.1, 0.15) is 4.90 Å². The molecule has 2 aromatic carbocycles. The van der Waals surface area contributed by atoms with E-state index in [1.807, 2.05) is 6.92 Å². The van der Waals surface area contributed by atoms with Crippen molar-refractivity contribution in [1.29, 1.82) is 0 Å². The molecule has 0 bridgehead atoms. The Morgan fingerprint density at radius 2 is 1.68 bits per heavy atom. The molecule has 1 fully saturated rings. The summed E-state index contributed by atoms with van der Waals surface area (Å²) in [5.41, 5.74) is 4.10. The summed E-state index contributed by atoms with van der Waals surface area (Å²) in [6.07, 6.45) is 7.13. The molecular formula is C24H29ClN2O3S. The number of nitrogens with one attached hydrogen (secondary N) is 1. The smallest absolute Gasteiger partial charge is 0.251 e. The van der Waals surface area contributed by atoms with Crippen LogP contribution in [0.1, 0.15) is 72.1 Å². The number of nitrogens with zero attached hydrogens (tertiary/aromatic N) is 1. The summed E-state index contributed by atoms with van der Waals surface area (Å²) in [6.45, 7) is 2.92. The molecule has 1 amide bonds. The maximum atomic E-state index is 13.2. The molecule has 1 N–H and O–H groups in total. The van der Waals surface area contributed by atoms with Gasteiger partial charge in [0.25, 0.3) is 5.91 Å². The second kappa shape index (κ2) is 9.31. The van der Waals surface area contributed by atoms with Crippen LogP contribution in [0.2, 0.25) is 5.02 Å². The van der Waals surface area contributed by atoms with Crippen molar-refractivity contribution in [3.05, 3.63) is 63.7 Å². The minimum atomic E-state index is -3.74. The first-order chi connectivity index (χ1) is 14.9. The highest BCUT2D eigenvalue weighted by Gasteiger charge is 2.28. The van der Waals surface area contributed by atoms with E-state index in [1.54, 1.807) is 6.07 Å². The largest absolute Gasteiger partial charge is 0.346 e. The highest BCUT2D eigenvalue weighted by Crippen LogP contribution is 2.29. The lowest BCUT2D eigenvalue weighted by molar-refractivity contribution is 0.0939. The van der Waals surface area contributed by atoms with Crippen LogP contribution in [0.25, 0.3) is 0 Å². The maximum absolute atomic E-state index is 13.2. The predicted molar refractivity (Wildman–Crippen MR) is 123 cm³/mol. The first kappa shape index (κ1) is 22.3. The second-order valence-electron chi connectivity index (χ2n) is 8.54. The van der Waals surface area contributed by atoms with Crippen molar-refractivity contribution < 1.29 is 13.2 Å². The topological polar surface area (TPSA) is 66.5 Å². The zero-order valence-corrected chi connectivity index (χ0v) is 19.4. The van der Waals surface area contributed by atoms with Crippen molar-refractivity contribution in [1.82, 2.24) is 9.62 Å². The highest BCUT2D eigenvalue weighted by molar-refractivity contribution is 7.89. The number of fused-ring (bicyclic) bond motifs is 1. The molecule has 5 nitrogen and oxygen atoms in total. The molecule has 1 aliphatic carbocycles.